The minimum absolute atomic E-state index is 0.0697. The number of nitrogens with zero attached hydrogens (tertiary/aromatic N) is 2. The maximum Gasteiger partial charge on any atom is 0.490 e. The average Bonchev–Trinajstić information content (AvgIpc) is 3.04. The zero-order valence-corrected chi connectivity index (χ0v) is 23.3. The number of aliphatic imine (C=N–C) groups is 1. The number of para-hydroxylation sites is 1. The summed E-state index contributed by atoms with van der Waals surface area (Å²) in [5.74, 6) is -2.83. The van der Waals surface area contributed by atoms with Crippen molar-refractivity contribution in [3.8, 4) is 0 Å². The van der Waals surface area contributed by atoms with Gasteiger partial charge in [0.1, 0.15) is 6.04 Å². The number of aliphatic carboxylic acids is 1. The number of fused-ring (bicyclic) bond motifs is 1. The van der Waals surface area contributed by atoms with Gasteiger partial charge in [-0.3, -0.25) is 14.4 Å². The summed E-state index contributed by atoms with van der Waals surface area (Å²) in [6.45, 7) is 0.901. The number of hydrogen-bond acceptors (Lipinski definition) is 5. The van der Waals surface area contributed by atoms with E-state index in [4.69, 9.17) is 20.6 Å². The monoisotopic (exact) mass is 605 g/mol. The van der Waals surface area contributed by atoms with Gasteiger partial charge in [-0.15, -0.1) is 0 Å². The molecule has 0 fully saturated rings. The van der Waals surface area contributed by atoms with Crippen molar-refractivity contribution in [1.29, 1.82) is 0 Å². The van der Waals surface area contributed by atoms with Gasteiger partial charge in [-0.2, -0.15) is 13.2 Å². The Hall–Kier alpha value is -3.83. The Balaban J connectivity index is 0.000000616. The molecule has 1 aliphatic heterocycles. The minimum Gasteiger partial charge on any atom is -0.475 e. The number of carbonyl (C=O) groups is 2. The van der Waals surface area contributed by atoms with Crippen LogP contribution in [0.5, 0.6) is 0 Å². The fourth-order valence-electron chi connectivity index (χ4n) is 4.32. The number of hydrogen-bond donors (Lipinski definition) is 4. The van der Waals surface area contributed by atoms with E-state index < -0.39 is 25.8 Å². The van der Waals surface area contributed by atoms with E-state index in [1.165, 1.54) is 0 Å². The summed E-state index contributed by atoms with van der Waals surface area (Å²) in [7, 11) is -4.14. The Morgan fingerprint density at radius 2 is 1.50 bits per heavy atom. The molecule has 0 spiro atoms. The number of alkyl halides is 3. The number of benzene rings is 3. The van der Waals surface area contributed by atoms with Crippen molar-refractivity contribution in [2.45, 2.75) is 44.2 Å². The summed E-state index contributed by atoms with van der Waals surface area (Å²) < 4.78 is 43.1. The Morgan fingerprint density at radius 3 is 2.07 bits per heavy atom. The zero-order chi connectivity index (χ0) is 30.9. The molecule has 4 rings (SSSR count). The number of carbonyl (C=O) groups excluding carboxylic acids is 1. The van der Waals surface area contributed by atoms with Crippen LogP contribution in [-0.4, -0.2) is 51.2 Å². The predicted molar refractivity (Wildman–Crippen MR) is 152 cm³/mol. The Bertz CT molecular complexity index is 1440. The van der Waals surface area contributed by atoms with E-state index in [0.717, 1.165) is 40.9 Å². The molecule has 0 aromatic heterocycles. The highest BCUT2D eigenvalue weighted by Crippen LogP contribution is 2.39. The standard InChI is InChI=1S/C27H30N3O4P.C2HF3O2/c28-17-7-6-11-24-27(31)30(18-20-13-15-21(16-14-20)19-35(32,33)34)25-12-5-4-10-23(25)26(29-24)22-8-2-1-3-9-22;3-2(4,5)1(6)7/h1-5,8-10,12-16,24H,6-7,11,17-19,28H2,(H2,32,33,34);(H,6,7)/t24-;/m0./s1. The van der Waals surface area contributed by atoms with Gasteiger partial charge in [0.2, 0.25) is 0 Å². The minimum atomic E-state index is -5.08. The van der Waals surface area contributed by atoms with Gasteiger partial charge >= 0.3 is 19.7 Å². The number of nitrogens with two attached hydrogens (primary N) is 1. The third kappa shape index (κ3) is 9.35. The molecule has 3 aromatic rings. The van der Waals surface area contributed by atoms with Gasteiger partial charge in [-0.1, -0.05) is 72.8 Å². The molecule has 9 nitrogen and oxygen atoms in total. The second-order valence-electron chi connectivity index (χ2n) is 9.53. The summed E-state index contributed by atoms with van der Waals surface area (Å²) in [5.41, 5.74) is 10.6. The number of carboxylic acids is 1. The molecule has 0 bridgehead atoms. The third-order valence-corrected chi connectivity index (χ3v) is 7.04. The molecule has 0 saturated carbocycles. The highest BCUT2D eigenvalue weighted by atomic mass is 31.2. The highest BCUT2D eigenvalue weighted by Gasteiger charge is 2.38. The molecular formula is C29H31F3N3O6P. The molecule has 13 heteroatoms. The molecule has 1 heterocycles. The van der Waals surface area contributed by atoms with E-state index in [1.807, 2.05) is 66.7 Å². The van der Waals surface area contributed by atoms with Crippen LogP contribution < -0.4 is 10.6 Å². The molecule has 1 amide bonds. The van der Waals surface area contributed by atoms with Crippen molar-refractivity contribution in [2.75, 3.05) is 11.4 Å². The lowest BCUT2D eigenvalue weighted by Crippen LogP contribution is -2.37. The maximum absolute atomic E-state index is 13.8. The number of carboxylic acid groups (broad SMARTS) is 1. The van der Waals surface area contributed by atoms with Crippen molar-refractivity contribution < 1.29 is 42.2 Å². The van der Waals surface area contributed by atoms with Gasteiger partial charge in [0.05, 0.1) is 24.1 Å². The summed E-state index contributed by atoms with van der Waals surface area (Å²) in [4.78, 5) is 48.0. The van der Waals surface area contributed by atoms with Crippen LogP contribution in [-0.2, 0) is 26.9 Å². The molecule has 224 valence electrons. The van der Waals surface area contributed by atoms with E-state index in [2.05, 4.69) is 0 Å². The van der Waals surface area contributed by atoms with Crippen molar-refractivity contribution in [1.82, 2.24) is 0 Å². The quantitative estimate of drug-likeness (QED) is 0.200. The Kier molecular flexibility index (Phi) is 11.2. The number of unbranched alkanes of at least 4 members (excludes halogenated alkanes) is 1. The van der Waals surface area contributed by atoms with Crippen LogP contribution in [0, 0.1) is 0 Å². The van der Waals surface area contributed by atoms with Crippen LogP contribution >= 0.6 is 7.60 Å². The highest BCUT2D eigenvalue weighted by molar-refractivity contribution is 7.50. The summed E-state index contributed by atoms with van der Waals surface area (Å²) >= 11 is 0. The van der Waals surface area contributed by atoms with Crippen molar-refractivity contribution in [3.63, 3.8) is 0 Å². The fraction of sp³-hybridized carbons (Fsp3) is 0.276. The molecule has 0 saturated heterocycles. The number of amides is 1. The van der Waals surface area contributed by atoms with Gasteiger partial charge < -0.3 is 25.5 Å². The maximum atomic E-state index is 13.8. The van der Waals surface area contributed by atoms with Crippen molar-refractivity contribution >= 4 is 30.9 Å². The normalized spacial score (nSPS) is 15.2. The summed E-state index contributed by atoms with van der Waals surface area (Å²) in [6.07, 6.45) is -3.15. The third-order valence-electron chi connectivity index (χ3n) is 6.26. The lowest BCUT2D eigenvalue weighted by Gasteiger charge is -2.25. The summed E-state index contributed by atoms with van der Waals surface area (Å²) in [6, 6.07) is 24.2. The number of benzodiazepines with no additional fused rings is 1. The first-order valence-corrected chi connectivity index (χ1v) is 14.8. The molecule has 1 aliphatic rings. The first-order chi connectivity index (χ1) is 19.8. The SMILES string of the molecule is NCCCC[C@@H]1N=C(c2ccccc2)c2ccccc2N(Cc2ccc(CP(=O)(O)O)cc2)C1=O.O=C(O)C(F)(F)F. The number of halogens is 3. The second kappa shape index (κ2) is 14.4. The van der Waals surface area contributed by atoms with E-state index in [-0.39, 0.29) is 12.1 Å². The van der Waals surface area contributed by atoms with Gasteiger partial charge in [-0.25, -0.2) is 4.79 Å². The predicted octanol–water partition coefficient (Wildman–Crippen LogP) is 4.88. The molecule has 1 atom stereocenters. The molecule has 42 heavy (non-hydrogen) atoms. The summed E-state index contributed by atoms with van der Waals surface area (Å²) in [5, 5.41) is 7.12. The van der Waals surface area contributed by atoms with Gasteiger partial charge in [0, 0.05) is 11.1 Å². The average molecular weight is 606 g/mol. The second-order valence-corrected chi connectivity index (χ2v) is 11.2. The van der Waals surface area contributed by atoms with Crippen molar-refractivity contribution in [3.05, 3.63) is 101 Å². The molecule has 0 radical (unpaired) electrons. The van der Waals surface area contributed by atoms with Crippen LogP contribution in [0.25, 0.3) is 0 Å². The van der Waals surface area contributed by atoms with Crippen LogP contribution in [0.4, 0.5) is 18.9 Å². The zero-order valence-electron chi connectivity index (χ0n) is 22.4. The topological polar surface area (TPSA) is 154 Å². The first kappa shape index (κ1) is 32.7. The van der Waals surface area contributed by atoms with Crippen LogP contribution in [0.3, 0.4) is 0 Å². The van der Waals surface area contributed by atoms with Gasteiger partial charge in [0.25, 0.3) is 5.91 Å². The smallest absolute Gasteiger partial charge is 0.475 e. The largest absolute Gasteiger partial charge is 0.490 e. The van der Waals surface area contributed by atoms with Crippen LogP contribution in [0.15, 0.2) is 83.9 Å². The number of anilines is 1. The Morgan fingerprint density at radius 1 is 0.929 bits per heavy atom. The lowest BCUT2D eigenvalue weighted by molar-refractivity contribution is -0.192. The van der Waals surface area contributed by atoms with Gasteiger partial charge in [0.15, 0.2) is 0 Å². The molecule has 5 N–H and O–H groups in total. The molecule has 0 unspecified atom stereocenters. The fourth-order valence-corrected chi connectivity index (χ4v) is 5.00. The molecular weight excluding hydrogens is 574 g/mol. The number of rotatable bonds is 9. The van der Waals surface area contributed by atoms with E-state index in [0.29, 0.717) is 25.1 Å². The van der Waals surface area contributed by atoms with Crippen LogP contribution in [0.2, 0.25) is 0 Å². The van der Waals surface area contributed by atoms with Crippen LogP contribution in [0.1, 0.15) is 41.5 Å². The van der Waals surface area contributed by atoms with E-state index in [1.54, 1.807) is 17.0 Å². The molecule has 3 aromatic carbocycles. The van der Waals surface area contributed by atoms with E-state index in [9.17, 15) is 32.3 Å². The lowest BCUT2D eigenvalue weighted by atomic mass is 10.00. The molecule has 0 aliphatic carbocycles. The van der Waals surface area contributed by atoms with Crippen molar-refractivity contribution in [2.24, 2.45) is 10.7 Å². The van der Waals surface area contributed by atoms with E-state index >= 15 is 0 Å². The first-order valence-electron chi connectivity index (χ1n) is 13.0. The van der Waals surface area contributed by atoms with Gasteiger partial charge in [-0.05, 0) is 43.0 Å². The Labute approximate surface area is 240 Å².